The number of hydrogen-bond donors (Lipinski definition) is 2. The summed E-state index contributed by atoms with van der Waals surface area (Å²) in [5.74, 6) is 0. The molecule has 0 aliphatic rings. The average molecular weight is 207 g/mol. The topological polar surface area (TPSA) is 45.1 Å². The van der Waals surface area contributed by atoms with Crippen LogP contribution in [-0.2, 0) is 6.54 Å². The molecule has 1 aromatic heterocycles. The van der Waals surface area contributed by atoms with E-state index in [4.69, 9.17) is 16.7 Å². The monoisotopic (exact) mass is 206 g/mol. The van der Waals surface area contributed by atoms with Crippen LogP contribution in [0.3, 0.4) is 0 Å². The minimum absolute atomic E-state index is 0.319. The number of aromatic nitrogens is 1. The van der Waals surface area contributed by atoms with E-state index in [-0.39, 0.29) is 6.10 Å². The van der Waals surface area contributed by atoms with Gasteiger partial charge in [0.15, 0.2) is 0 Å². The lowest BCUT2D eigenvalue weighted by atomic mass is 10.4. The molecule has 0 aromatic carbocycles. The molecule has 2 N–H and O–H groups in total. The van der Waals surface area contributed by atoms with Gasteiger partial charge >= 0.3 is 0 Å². The second kappa shape index (κ2) is 4.77. The number of hydrogen-bond acceptors (Lipinski definition) is 4. The summed E-state index contributed by atoms with van der Waals surface area (Å²) in [7, 11) is 0. The Kier molecular flexibility index (Phi) is 3.94. The molecule has 0 saturated heterocycles. The van der Waals surface area contributed by atoms with E-state index in [0.717, 1.165) is 5.01 Å². The Balaban J connectivity index is 2.24. The van der Waals surface area contributed by atoms with Crippen LogP contribution >= 0.6 is 22.9 Å². The highest BCUT2D eigenvalue weighted by atomic mass is 35.5. The lowest BCUT2D eigenvalue weighted by Gasteiger charge is -2.03. The van der Waals surface area contributed by atoms with Crippen LogP contribution in [0.15, 0.2) is 5.38 Å². The average Bonchev–Trinajstić information content (AvgIpc) is 2.35. The van der Waals surface area contributed by atoms with E-state index in [1.807, 2.05) is 0 Å². The van der Waals surface area contributed by atoms with Crippen LogP contribution in [0.2, 0.25) is 5.15 Å². The van der Waals surface area contributed by atoms with Gasteiger partial charge in [0, 0.05) is 18.5 Å². The fourth-order valence-electron chi connectivity index (χ4n) is 0.758. The molecule has 0 aliphatic heterocycles. The van der Waals surface area contributed by atoms with Gasteiger partial charge in [-0.05, 0) is 6.92 Å². The van der Waals surface area contributed by atoms with Crippen LogP contribution in [0.5, 0.6) is 0 Å². The molecule has 1 heterocycles. The molecule has 0 spiro atoms. The van der Waals surface area contributed by atoms with E-state index in [1.54, 1.807) is 12.3 Å². The van der Waals surface area contributed by atoms with Crippen molar-refractivity contribution in [2.24, 2.45) is 0 Å². The quantitative estimate of drug-likeness (QED) is 0.780. The molecule has 3 nitrogen and oxygen atoms in total. The molecule has 0 radical (unpaired) electrons. The molecule has 5 heteroatoms. The highest BCUT2D eigenvalue weighted by Gasteiger charge is 1.99. The maximum atomic E-state index is 8.93. The third-order valence-electron chi connectivity index (χ3n) is 1.24. The predicted molar refractivity (Wildman–Crippen MR) is 50.5 cm³/mol. The van der Waals surface area contributed by atoms with E-state index in [0.29, 0.717) is 18.2 Å². The van der Waals surface area contributed by atoms with Gasteiger partial charge in [-0.1, -0.05) is 11.6 Å². The SMILES string of the molecule is C[C@H](O)CNCc1nc(Cl)cs1. The van der Waals surface area contributed by atoms with Gasteiger partial charge in [-0.15, -0.1) is 11.3 Å². The first-order valence-corrected chi connectivity index (χ1v) is 4.93. The summed E-state index contributed by atoms with van der Waals surface area (Å²) in [5.41, 5.74) is 0. The van der Waals surface area contributed by atoms with Crippen molar-refractivity contribution in [3.8, 4) is 0 Å². The fraction of sp³-hybridized carbons (Fsp3) is 0.571. The summed E-state index contributed by atoms with van der Waals surface area (Å²) in [6.45, 7) is 2.99. The molecule has 1 aromatic rings. The zero-order valence-corrected chi connectivity index (χ0v) is 8.32. The second-order valence-electron chi connectivity index (χ2n) is 2.54. The van der Waals surface area contributed by atoms with Crippen LogP contribution in [0, 0.1) is 0 Å². The number of aliphatic hydroxyl groups is 1. The van der Waals surface area contributed by atoms with Crippen molar-refractivity contribution in [1.29, 1.82) is 0 Å². The van der Waals surface area contributed by atoms with Gasteiger partial charge in [-0.2, -0.15) is 0 Å². The smallest absolute Gasteiger partial charge is 0.140 e. The van der Waals surface area contributed by atoms with Gasteiger partial charge in [0.05, 0.1) is 6.10 Å². The number of rotatable bonds is 4. The van der Waals surface area contributed by atoms with E-state index in [2.05, 4.69) is 10.3 Å². The van der Waals surface area contributed by atoms with Gasteiger partial charge in [0.25, 0.3) is 0 Å². The highest BCUT2D eigenvalue weighted by Crippen LogP contribution is 2.13. The van der Waals surface area contributed by atoms with Gasteiger partial charge in [-0.25, -0.2) is 4.98 Å². The van der Waals surface area contributed by atoms with Crippen molar-refractivity contribution in [3.05, 3.63) is 15.5 Å². The van der Waals surface area contributed by atoms with Crippen LogP contribution in [0.4, 0.5) is 0 Å². The summed E-state index contributed by atoms with van der Waals surface area (Å²) in [4.78, 5) is 4.05. The molecular weight excluding hydrogens is 196 g/mol. The summed E-state index contributed by atoms with van der Waals surface area (Å²) in [5, 5.41) is 15.3. The highest BCUT2D eigenvalue weighted by molar-refractivity contribution is 7.10. The zero-order chi connectivity index (χ0) is 8.97. The molecule has 0 unspecified atom stereocenters. The van der Waals surface area contributed by atoms with Gasteiger partial charge in [-0.3, -0.25) is 0 Å². The van der Waals surface area contributed by atoms with Crippen molar-refractivity contribution >= 4 is 22.9 Å². The molecule has 12 heavy (non-hydrogen) atoms. The Morgan fingerprint density at radius 1 is 1.83 bits per heavy atom. The van der Waals surface area contributed by atoms with Gasteiger partial charge < -0.3 is 10.4 Å². The van der Waals surface area contributed by atoms with E-state index >= 15 is 0 Å². The Bertz CT molecular complexity index is 239. The molecule has 1 atom stereocenters. The Morgan fingerprint density at radius 3 is 3.08 bits per heavy atom. The van der Waals surface area contributed by atoms with Crippen molar-refractivity contribution in [2.75, 3.05) is 6.54 Å². The normalized spacial score (nSPS) is 13.2. The predicted octanol–water partition coefficient (Wildman–Crippen LogP) is 1.27. The molecule has 0 aliphatic carbocycles. The first kappa shape index (κ1) is 9.92. The summed E-state index contributed by atoms with van der Waals surface area (Å²) >= 11 is 7.14. The van der Waals surface area contributed by atoms with Crippen LogP contribution < -0.4 is 5.32 Å². The third kappa shape index (κ3) is 3.49. The number of thiazole rings is 1. The van der Waals surface area contributed by atoms with E-state index < -0.39 is 0 Å². The zero-order valence-electron chi connectivity index (χ0n) is 6.75. The van der Waals surface area contributed by atoms with Crippen molar-refractivity contribution in [3.63, 3.8) is 0 Å². The number of nitrogens with zero attached hydrogens (tertiary/aromatic N) is 1. The number of aliphatic hydroxyl groups excluding tert-OH is 1. The molecular formula is C7H11ClN2OS. The lowest BCUT2D eigenvalue weighted by Crippen LogP contribution is -2.23. The summed E-state index contributed by atoms with van der Waals surface area (Å²) in [6, 6.07) is 0. The largest absolute Gasteiger partial charge is 0.392 e. The Morgan fingerprint density at radius 2 is 2.58 bits per heavy atom. The van der Waals surface area contributed by atoms with Crippen molar-refractivity contribution in [2.45, 2.75) is 19.6 Å². The van der Waals surface area contributed by atoms with Gasteiger partial charge in [0.1, 0.15) is 10.2 Å². The van der Waals surface area contributed by atoms with E-state index in [1.165, 1.54) is 11.3 Å². The van der Waals surface area contributed by atoms with Crippen LogP contribution in [0.25, 0.3) is 0 Å². The summed E-state index contributed by atoms with van der Waals surface area (Å²) in [6.07, 6.45) is -0.319. The molecule has 0 fully saturated rings. The minimum atomic E-state index is -0.319. The molecule has 1 rings (SSSR count). The first-order chi connectivity index (χ1) is 5.68. The van der Waals surface area contributed by atoms with Crippen molar-refractivity contribution < 1.29 is 5.11 Å². The number of halogens is 1. The summed E-state index contributed by atoms with van der Waals surface area (Å²) < 4.78 is 0. The molecule has 0 bridgehead atoms. The Hall–Kier alpha value is -0.160. The fourth-order valence-corrected chi connectivity index (χ4v) is 1.67. The van der Waals surface area contributed by atoms with Gasteiger partial charge in [0.2, 0.25) is 0 Å². The van der Waals surface area contributed by atoms with Crippen LogP contribution in [-0.4, -0.2) is 22.7 Å². The standard InChI is InChI=1S/C7H11ClN2OS/c1-5(11)2-9-3-7-10-6(8)4-12-7/h4-5,9,11H,2-3H2,1H3/t5-/m0/s1. The minimum Gasteiger partial charge on any atom is -0.392 e. The molecule has 68 valence electrons. The van der Waals surface area contributed by atoms with Crippen molar-refractivity contribution in [1.82, 2.24) is 10.3 Å². The second-order valence-corrected chi connectivity index (χ2v) is 3.87. The molecule has 0 saturated carbocycles. The maximum Gasteiger partial charge on any atom is 0.140 e. The lowest BCUT2D eigenvalue weighted by molar-refractivity contribution is 0.191. The molecule has 0 amide bonds. The third-order valence-corrected chi connectivity index (χ3v) is 2.41. The Labute approximate surface area is 80.4 Å². The number of nitrogens with one attached hydrogen (secondary N) is 1. The van der Waals surface area contributed by atoms with E-state index in [9.17, 15) is 0 Å². The maximum absolute atomic E-state index is 8.93. The first-order valence-electron chi connectivity index (χ1n) is 3.67. The van der Waals surface area contributed by atoms with Crippen LogP contribution in [0.1, 0.15) is 11.9 Å².